The van der Waals surface area contributed by atoms with E-state index in [0.717, 1.165) is 16.5 Å². The van der Waals surface area contributed by atoms with Gasteiger partial charge in [0.05, 0.1) is 5.52 Å². The Balaban J connectivity index is 1.88. The van der Waals surface area contributed by atoms with Gasteiger partial charge in [-0.3, -0.25) is 14.9 Å². The van der Waals surface area contributed by atoms with Crippen molar-refractivity contribution in [1.82, 2.24) is 20.1 Å². The highest BCUT2D eigenvalue weighted by molar-refractivity contribution is 6.04. The third-order valence-corrected chi connectivity index (χ3v) is 3.46. The van der Waals surface area contributed by atoms with Crippen molar-refractivity contribution in [2.75, 3.05) is 6.54 Å². The minimum Gasteiger partial charge on any atom is -0.333 e. The lowest BCUT2D eigenvalue weighted by Crippen LogP contribution is -2.30. The SMILES string of the molecule is CCN(Cc1ccncc1)C(=O)c1n[nH]c2ccccc12. The van der Waals surface area contributed by atoms with Gasteiger partial charge in [0.25, 0.3) is 5.91 Å². The summed E-state index contributed by atoms with van der Waals surface area (Å²) in [5, 5.41) is 7.94. The smallest absolute Gasteiger partial charge is 0.275 e. The van der Waals surface area contributed by atoms with Crippen LogP contribution in [0, 0.1) is 0 Å². The second-order valence-electron chi connectivity index (χ2n) is 4.79. The number of rotatable bonds is 4. The molecular weight excluding hydrogens is 264 g/mol. The van der Waals surface area contributed by atoms with Gasteiger partial charge in [0.15, 0.2) is 5.69 Å². The first-order valence-electron chi connectivity index (χ1n) is 6.91. The number of hydrogen-bond donors (Lipinski definition) is 1. The molecule has 0 bridgehead atoms. The maximum atomic E-state index is 12.7. The van der Waals surface area contributed by atoms with Gasteiger partial charge in [-0.2, -0.15) is 5.10 Å². The summed E-state index contributed by atoms with van der Waals surface area (Å²) in [5.41, 5.74) is 2.40. The van der Waals surface area contributed by atoms with Crippen LogP contribution in [-0.2, 0) is 6.54 Å². The standard InChI is InChI=1S/C16H16N4O/c1-2-20(11-12-7-9-17-10-8-12)16(21)15-13-5-3-4-6-14(13)18-19-15/h3-10H,2,11H2,1H3,(H,18,19). The molecule has 0 aliphatic heterocycles. The lowest BCUT2D eigenvalue weighted by atomic mass is 10.2. The van der Waals surface area contributed by atoms with Crippen molar-refractivity contribution < 1.29 is 4.79 Å². The van der Waals surface area contributed by atoms with E-state index in [-0.39, 0.29) is 5.91 Å². The molecule has 0 saturated heterocycles. The van der Waals surface area contributed by atoms with Crippen LogP contribution >= 0.6 is 0 Å². The average Bonchev–Trinajstić information content (AvgIpc) is 2.97. The van der Waals surface area contributed by atoms with E-state index in [0.29, 0.717) is 18.8 Å². The maximum Gasteiger partial charge on any atom is 0.275 e. The van der Waals surface area contributed by atoms with Gasteiger partial charge in [-0.15, -0.1) is 0 Å². The highest BCUT2D eigenvalue weighted by Crippen LogP contribution is 2.17. The molecule has 0 unspecified atom stereocenters. The molecule has 2 aromatic heterocycles. The number of amides is 1. The number of H-pyrrole nitrogens is 1. The highest BCUT2D eigenvalue weighted by atomic mass is 16.2. The molecule has 0 atom stereocenters. The average molecular weight is 280 g/mol. The molecule has 0 saturated carbocycles. The fourth-order valence-corrected chi connectivity index (χ4v) is 2.31. The van der Waals surface area contributed by atoms with E-state index in [4.69, 9.17) is 0 Å². The van der Waals surface area contributed by atoms with Crippen molar-refractivity contribution in [3.8, 4) is 0 Å². The van der Waals surface area contributed by atoms with E-state index >= 15 is 0 Å². The summed E-state index contributed by atoms with van der Waals surface area (Å²) < 4.78 is 0. The van der Waals surface area contributed by atoms with Crippen LogP contribution in [0.4, 0.5) is 0 Å². The Morgan fingerprint density at radius 2 is 1.95 bits per heavy atom. The Kier molecular flexibility index (Phi) is 3.64. The fourth-order valence-electron chi connectivity index (χ4n) is 2.31. The summed E-state index contributed by atoms with van der Waals surface area (Å²) >= 11 is 0. The van der Waals surface area contributed by atoms with Crippen molar-refractivity contribution in [2.24, 2.45) is 0 Å². The maximum absolute atomic E-state index is 12.7. The van der Waals surface area contributed by atoms with Crippen molar-refractivity contribution in [3.05, 3.63) is 60.0 Å². The number of pyridine rings is 1. The fraction of sp³-hybridized carbons (Fsp3) is 0.188. The molecule has 0 aliphatic carbocycles. The molecular formula is C16H16N4O. The number of carbonyl (C=O) groups is 1. The Labute approximate surface area is 122 Å². The quantitative estimate of drug-likeness (QED) is 0.799. The molecule has 3 rings (SSSR count). The van der Waals surface area contributed by atoms with Crippen molar-refractivity contribution >= 4 is 16.8 Å². The molecule has 0 spiro atoms. The van der Waals surface area contributed by atoms with Gasteiger partial charge in [-0.25, -0.2) is 0 Å². The first kappa shape index (κ1) is 13.3. The lowest BCUT2D eigenvalue weighted by molar-refractivity contribution is 0.0748. The number of nitrogens with zero attached hydrogens (tertiary/aromatic N) is 3. The molecule has 5 nitrogen and oxygen atoms in total. The lowest BCUT2D eigenvalue weighted by Gasteiger charge is -2.20. The third kappa shape index (κ3) is 2.63. The van der Waals surface area contributed by atoms with Crippen LogP contribution in [0.5, 0.6) is 0 Å². The Hall–Kier alpha value is -2.69. The zero-order valence-corrected chi connectivity index (χ0v) is 11.8. The first-order chi connectivity index (χ1) is 10.3. The van der Waals surface area contributed by atoms with Crippen molar-refractivity contribution in [2.45, 2.75) is 13.5 Å². The number of aromatic amines is 1. The first-order valence-corrected chi connectivity index (χ1v) is 6.91. The Bertz CT molecular complexity index is 751. The number of nitrogens with one attached hydrogen (secondary N) is 1. The summed E-state index contributed by atoms with van der Waals surface area (Å²) in [6.07, 6.45) is 3.47. The van der Waals surface area contributed by atoms with Gasteiger partial charge in [-0.1, -0.05) is 18.2 Å². The van der Waals surface area contributed by atoms with E-state index in [1.54, 1.807) is 17.3 Å². The van der Waals surface area contributed by atoms with Crippen LogP contribution in [0.25, 0.3) is 10.9 Å². The predicted molar refractivity (Wildman–Crippen MR) is 80.7 cm³/mol. The number of para-hydroxylation sites is 1. The zero-order valence-electron chi connectivity index (χ0n) is 11.8. The minimum absolute atomic E-state index is 0.0632. The van der Waals surface area contributed by atoms with Crippen LogP contribution in [0.1, 0.15) is 23.0 Å². The van der Waals surface area contributed by atoms with Gasteiger partial charge in [0.1, 0.15) is 0 Å². The number of benzene rings is 1. The molecule has 1 aromatic carbocycles. The molecule has 3 aromatic rings. The van der Waals surface area contributed by atoms with Crippen molar-refractivity contribution in [1.29, 1.82) is 0 Å². The molecule has 2 heterocycles. The summed E-state index contributed by atoms with van der Waals surface area (Å²) in [7, 11) is 0. The van der Waals surface area contributed by atoms with Gasteiger partial charge in [0.2, 0.25) is 0 Å². The molecule has 1 N–H and O–H groups in total. The van der Waals surface area contributed by atoms with Gasteiger partial charge < -0.3 is 4.90 Å². The Morgan fingerprint density at radius 1 is 1.19 bits per heavy atom. The van der Waals surface area contributed by atoms with Crippen LogP contribution in [0.15, 0.2) is 48.8 Å². The van der Waals surface area contributed by atoms with Gasteiger partial charge >= 0.3 is 0 Å². The number of hydrogen-bond acceptors (Lipinski definition) is 3. The monoisotopic (exact) mass is 280 g/mol. The topological polar surface area (TPSA) is 61.9 Å². The number of aromatic nitrogens is 3. The molecule has 21 heavy (non-hydrogen) atoms. The van der Waals surface area contributed by atoms with Crippen LogP contribution in [-0.4, -0.2) is 32.5 Å². The number of fused-ring (bicyclic) bond motifs is 1. The molecule has 106 valence electrons. The molecule has 0 radical (unpaired) electrons. The summed E-state index contributed by atoms with van der Waals surface area (Å²) in [4.78, 5) is 18.5. The second kappa shape index (κ2) is 5.75. The predicted octanol–water partition coefficient (Wildman–Crippen LogP) is 2.62. The van der Waals surface area contributed by atoms with E-state index in [9.17, 15) is 4.79 Å². The summed E-state index contributed by atoms with van der Waals surface area (Å²) in [6, 6.07) is 11.5. The number of carbonyl (C=O) groups excluding carboxylic acids is 1. The molecule has 5 heteroatoms. The summed E-state index contributed by atoms with van der Waals surface area (Å²) in [5.74, 6) is -0.0632. The van der Waals surface area contributed by atoms with Crippen LogP contribution in [0.2, 0.25) is 0 Å². The largest absolute Gasteiger partial charge is 0.333 e. The normalized spacial score (nSPS) is 10.7. The summed E-state index contributed by atoms with van der Waals surface area (Å²) in [6.45, 7) is 3.15. The van der Waals surface area contributed by atoms with Crippen LogP contribution < -0.4 is 0 Å². The van der Waals surface area contributed by atoms with E-state index < -0.39 is 0 Å². The molecule has 1 amide bonds. The van der Waals surface area contributed by atoms with E-state index in [1.165, 1.54) is 0 Å². The van der Waals surface area contributed by atoms with Gasteiger partial charge in [0, 0.05) is 30.9 Å². The zero-order chi connectivity index (χ0) is 14.7. The highest BCUT2D eigenvalue weighted by Gasteiger charge is 2.19. The minimum atomic E-state index is -0.0632. The van der Waals surface area contributed by atoms with Crippen LogP contribution in [0.3, 0.4) is 0 Å². The second-order valence-corrected chi connectivity index (χ2v) is 4.79. The van der Waals surface area contributed by atoms with E-state index in [2.05, 4.69) is 15.2 Å². The molecule has 0 aliphatic rings. The Morgan fingerprint density at radius 3 is 2.71 bits per heavy atom. The third-order valence-electron chi connectivity index (χ3n) is 3.46. The van der Waals surface area contributed by atoms with Gasteiger partial charge in [-0.05, 0) is 30.7 Å². The molecule has 0 fully saturated rings. The van der Waals surface area contributed by atoms with E-state index in [1.807, 2.05) is 43.3 Å². The van der Waals surface area contributed by atoms with Crippen molar-refractivity contribution in [3.63, 3.8) is 0 Å².